The molecule has 0 bridgehead atoms. The number of hydrogen-bond acceptors (Lipinski definition) is 3. The monoisotopic (exact) mass is 177 g/mol. The third kappa shape index (κ3) is 2.69. The number of aliphatic hydroxyl groups is 1. The highest BCUT2D eigenvalue weighted by Crippen LogP contribution is 2.06. The van der Waals surface area contributed by atoms with E-state index in [1.807, 2.05) is 0 Å². The van der Waals surface area contributed by atoms with Crippen LogP contribution in [0.3, 0.4) is 0 Å². The Bertz CT molecular complexity index is 124. The van der Waals surface area contributed by atoms with Gasteiger partial charge in [0.05, 0.1) is 32.5 Å². The summed E-state index contributed by atoms with van der Waals surface area (Å²) in [6.07, 6.45) is 0.552. The first-order valence-corrected chi connectivity index (χ1v) is 4.37. The van der Waals surface area contributed by atoms with E-state index < -0.39 is 0 Å². The molecule has 0 aromatic rings. The summed E-state index contributed by atoms with van der Waals surface area (Å²) in [4.78, 5) is 2.09. The van der Waals surface area contributed by atoms with Gasteiger partial charge in [-0.05, 0) is 6.42 Å². The van der Waals surface area contributed by atoms with Gasteiger partial charge in [-0.3, -0.25) is 9.29 Å². The molecule has 1 saturated heterocycles. The lowest BCUT2D eigenvalue weighted by Crippen LogP contribution is -2.47. The Morgan fingerprint density at radius 3 is 3.08 bits per heavy atom. The predicted molar refractivity (Wildman–Crippen MR) is 43.9 cm³/mol. The second-order valence-electron chi connectivity index (χ2n) is 2.99. The molecular weight excluding hydrogens is 161 g/mol. The molecule has 1 atom stereocenters. The van der Waals surface area contributed by atoms with Crippen molar-refractivity contribution in [3.05, 3.63) is 0 Å². The van der Waals surface area contributed by atoms with Gasteiger partial charge in [-0.1, -0.05) is 0 Å². The maximum absolute atomic E-state index is 11.9. The molecule has 12 heavy (non-hydrogen) atoms. The summed E-state index contributed by atoms with van der Waals surface area (Å²) in [5, 5.41) is 8.95. The van der Waals surface area contributed by atoms with Gasteiger partial charge in [0.1, 0.15) is 0 Å². The SMILES string of the molecule is OCC1COCCN1CCCF. The molecule has 0 spiro atoms. The summed E-state index contributed by atoms with van der Waals surface area (Å²) in [6, 6.07) is 0.0744. The minimum atomic E-state index is -0.282. The van der Waals surface area contributed by atoms with Gasteiger partial charge in [0.25, 0.3) is 0 Å². The maximum Gasteiger partial charge on any atom is 0.0906 e. The van der Waals surface area contributed by atoms with Crippen LogP contribution >= 0.6 is 0 Å². The van der Waals surface area contributed by atoms with Crippen molar-refractivity contribution in [1.82, 2.24) is 4.90 Å². The van der Waals surface area contributed by atoms with Crippen LogP contribution in [0.25, 0.3) is 0 Å². The van der Waals surface area contributed by atoms with Crippen LogP contribution in [0.1, 0.15) is 6.42 Å². The Hall–Kier alpha value is -0.190. The molecule has 1 aliphatic rings. The van der Waals surface area contributed by atoms with Crippen LogP contribution in [0.2, 0.25) is 0 Å². The molecule has 0 saturated carbocycles. The first kappa shape index (κ1) is 9.89. The van der Waals surface area contributed by atoms with Crippen molar-refractivity contribution in [2.24, 2.45) is 0 Å². The Kier molecular flexibility index (Phi) is 4.50. The number of morpholine rings is 1. The van der Waals surface area contributed by atoms with Crippen molar-refractivity contribution in [3.8, 4) is 0 Å². The first-order valence-electron chi connectivity index (χ1n) is 4.37. The van der Waals surface area contributed by atoms with Gasteiger partial charge in [0.15, 0.2) is 0 Å². The molecule has 1 N–H and O–H groups in total. The molecule has 1 heterocycles. The summed E-state index contributed by atoms with van der Waals surface area (Å²) in [5.74, 6) is 0. The fourth-order valence-corrected chi connectivity index (χ4v) is 1.41. The molecule has 4 heteroatoms. The van der Waals surface area contributed by atoms with Crippen molar-refractivity contribution in [2.45, 2.75) is 12.5 Å². The standard InChI is InChI=1S/C8H16FNO2/c9-2-1-3-10-4-5-12-7-8(10)6-11/h8,11H,1-7H2. The predicted octanol–water partition coefficient (Wildman–Crippen LogP) is 0.0391. The van der Waals surface area contributed by atoms with Crippen molar-refractivity contribution < 1.29 is 14.2 Å². The molecule has 0 aromatic carbocycles. The minimum Gasteiger partial charge on any atom is -0.395 e. The fraction of sp³-hybridized carbons (Fsp3) is 1.00. The summed E-state index contributed by atoms with van der Waals surface area (Å²) in [5.41, 5.74) is 0. The van der Waals surface area contributed by atoms with E-state index in [9.17, 15) is 4.39 Å². The van der Waals surface area contributed by atoms with Crippen LogP contribution in [0.5, 0.6) is 0 Å². The van der Waals surface area contributed by atoms with Crippen molar-refractivity contribution in [3.63, 3.8) is 0 Å². The van der Waals surface area contributed by atoms with Gasteiger partial charge in [0, 0.05) is 13.1 Å². The lowest BCUT2D eigenvalue weighted by Gasteiger charge is -2.34. The molecule has 72 valence electrons. The minimum absolute atomic E-state index is 0.0744. The molecule has 1 fully saturated rings. The lowest BCUT2D eigenvalue weighted by atomic mass is 10.2. The third-order valence-corrected chi connectivity index (χ3v) is 2.14. The third-order valence-electron chi connectivity index (χ3n) is 2.14. The zero-order valence-electron chi connectivity index (χ0n) is 7.21. The maximum atomic E-state index is 11.9. The molecule has 0 radical (unpaired) electrons. The second-order valence-corrected chi connectivity index (χ2v) is 2.99. The summed E-state index contributed by atoms with van der Waals surface area (Å²) >= 11 is 0. The molecule has 0 aromatic heterocycles. The number of aliphatic hydroxyl groups excluding tert-OH is 1. The molecule has 1 rings (SSSR count). The number of rotatable bonds is 4. The van der Waals surface area contributed by atoms with E-state index in [4.69, 9.17) is 9.84 Å². The van der Waals surface area contributed by atoms with Gasteiger partial charge in [-0.25, -0.2) is 0 Å². The summed E-state index contributed by atoms with van der Waals surface area (Å²) in [6.45, 7) is 2.63. The Balaban J connectivity index is 2.26. The zero-order chi connectivity index (χ0) is 8.81. The number of hydrogen-bond donors (Lipinski definition) is 1. The zero-order valence-corrected chi connectivity index (χ0v) is 7.21. The van der Waals surface area contributed by atoms with E-state index >= 15 is 0 Å². The number of alkyl halides is 1. The summed E-state index contributed by atoms with van der Waals surface area (Å²) < 4.78 is 17.0. The lowest BCUT2D eigenvalue weighted by molar-refractivity contribution is -0.0281. The van der Waals surface area contributed by atoms with Gasteiger partial charge in [-0.2, -0.15) is 0 Å². The van der Waals surface area contributed by atoms with Crippen LogP contribution in [0.15, 0.2) is 0 Å². The Morgan fingerprint density at radius 2 is 2.42 bits per heavy atom. The van der Waals surface area contributed by atoms with Crippen molar-refractivity contribution in [2.75, 3.05) is 39.6 Å². The van der Waals surface area contributed by atoms with E-state index in [0.29, 0.717) is 19.6 Å². The first-order chi connectivity index (χ1) is 5.88. The number of halogens is 1. The smallest absolute Gasteiger partial charge is 0.0906 e. The van der Waals surface area contributed by atoms with Gasteiger partial charge in [-0.15, -0.1) is 0 Å². The van der Waals surface area contributed by atoms with Crippen molar-refractivity contribution >= 4 is 0 Å². The molecular formula is C8H16FNO2. The van der Waals surface area contributed by atoms with Gasteiger partial charge >= 0.3 is 0 Å². The highest BCUT2D eigenvalue weighted by molar-refractivity contribution is 4.73. The van der Waals surface area contributed by atoms with E-state index in [-0.39, 0.29) is 19.3 Å². The summed E-state index contributed by atoms with van der Waals surface area (Å²) in [7, 11) is 0. The highest BCUT2D eigenvalue weighted by atomic mass is 19.1. The highest BCUT2D eigenvalue weighted by Gasteiger charge is 2.21. The normalized spacial score (nSPS) is 26.0. The second kappa shape index (κ2) is 5.45. The molecule has 3 nitrogen and oxygen atoms in total. The van der Waals surface area contributed by atoms with Crippen LogP contribution in [-0.4, -0.2) is 55.6 Å². The van der Waals surface area contributed by atoms with Gasteiger partial charge in [0.2, 0.25) is 0 Å². The topological polar surface area (TPSA) is 32.7 Å². The van der Waals surface area contributed by atoms with E-state index in [1.54, 1.807) is 0 Å². The average Bonchev–Trinajstić information content (AvgIpc) is 2.15. The Morgan fingerprint density at radius 1 is 1.58 bits per heavy atom. The quantitative estimate of drug-likeness (QED) is 0.658. The van der Waals surface area contributed by atoms with Crippen LogP contribution in [0, 0.1) is 0 Å². The number of ether oxygens (including phenoxy) is 1. The van der Waals surface area contributed by atoms with E-state index in [1.165, 1.54) is 0 Å². The van der Waals surface area contributed by atoms with E-state index in [2.05, 4.69) is 4.90 Å². The molecule has 0 amide bonds. The van der Waals surface area contributed by atoms with Crippen LogP contribution < -0.4 is 0 Å². The molecule has 1 aliphatic heterocycles. The molecule has 1 unspecified atom stereocenters. The average molecular weight is 177 g/mol. The van der Waals surface area contributed by atoms with Crippen molar-refractivity contribution in [1.29, 1.82) is 0 Å². The van der Waals surface area contributed by atoms with Gasteiger partial charge < -0.3 is 9.84 Å². The van der Waals surface area contributed by atoms with Crippen LogP contribution in [-0.2, 0) is 4.74 Å². The fourth-order valence-electron chi connectivity index (χ4n) is 1.41. The largest absolute Gasteiger partial charge is 0.395 e. The molecule has 0 aliphatic carbocycles. The van der Waals surface area contributed by atoms with E-state index in [0.717, 1.165) is 13.1 Å². The van der Waals surface area contributed by atoms with Crippen LogP contribution in [0.4, 0.5) is 4.39 Å². The Labute approximate surface area is 72.1 Å². The number of nitrogens with zero attached hydrogens (tertiary/aromatic N) is 1.